The van der Waals surface area contributed by atoms with Crippen molar-refractivity contribution in [2.45, 2.75) is 24.5 Å². The fourth-order valence-electron chi connectivity index (χ4n) is 3.42. The Balaban J connectivity index is 1.94. The number of hydrogen-bond acceptors (Lipinski definition) is 3. The molecule has 4 rings (SSSR count). The molecule has 3 nitrogen and oxygen atoms in total. The zero-order chi connectivity index (χ0) is 21.4. The highest BCUT2D eigenvalue weighted by molar-refractivity contribution is 7.98. The summed E-state index contributed by atoms with van der Waals surface area (Å²) in [5, 5.41) is 1.08. The fourth-order valence-corrected chi connectivity index (χ4v) is 4.78. The third-order valence-corrected chi connectivity index (χ3v) is 6.32. The molecule has 0 atom stereocenters. The zero-order valence-electron chi connectivity index (χ0n) is 16.2. The van der Waals surface area contributed by atoms with Crippen LogP contribution in [0, 0.1) is 19.7 Å². The van der Waals surface area contributed by atoms with Crippen LogP contribution in [0.25, 0.3) is 16.6 Å². The van der Waals surface area contributed by atoms with Crippen LogP contribution >= 0.6 is 35.0 Å². The van der Waals surface area contributed by atoms with Gasteiger partial charge in [0, 0.05) is 9.92 Å². The SMILES string of the molecule is Cc1cccc(C)c1-n1c(CSc2ccc(F)cc2)nc2c(Cl)cc(Cl)cc2c1=O. The summed E-state index contributed by atoms with van der Waals surface area (Å²) in [6.07, 6.45) is 0. The summed E-state index contributed by atoms with van der Waals surface area (Å²) in [6.45, 7) is 3.92. The summed E-state index contributed by atoms with van der Waals surface area (Å²) in [6, 6.07) is 15.3. The van der Waals surface area contributed by atoms with Gasteiger partial charge < -0.3 is 0 Å². The zero-order valence-corrected chi connectivity index (χ0v) is 18.6. The van der Waals surface area contributed by atoms with Crippen molar-refractivity contribution in [2.24, 2.45) is 0 Å². The van der Waals surface area contributed by atoms with Gasteiger partial charge in [0.15, 0.2) is 0 Å². The van der Waals surface area contributed by atoms with E-state index in [4.69, 9.17) is 28.2 Å². The molecule has 152 valence electrons. The van der Waals surface area contributed by atoms with Gasteiger partial charge in [-0.15, -0.1) is 11.8 Å². The van der Waals surface area contributed by atoms with Crippen LogP contribution in [-0.4, -0.2) is 9.55 Å². The van der Waals surface area contributed by atoms with Crippen LogP contribution < -0.4 is 5.56 Å². The monoisotopic (exact) mass is 458 g/mol. The first-order valence-electron chi connectivity index (χ1n) is 9.21. The lowest BCUT2D eigenvalue weighted by atomic mass is 10.1. The third-order valence-electron chi connectivity index (χ3n) is 4.81. The van der Waals surface area contributed by atoms with Crippen molar-refractivity contribution in [1.82, 2.24) is 9.55 Å². The van der Waals surface area contributed by atoms with Crippen molar-refractivity contribution in [3.05, 3.63) is 97.8 Å². The summed E-state index contributed by atoms with van der Waals surface area (Å²) in [7, 11) is 0. The van der Waals surface area contributed by atoms with E-state index in [0.29, 0.717) is 32.5 Å². The molecule has 0 amide bonds. The maximum Gasteiger partial charge on any atom is 0.266 e. The van der Waals surface area contributed by atoms with E-state index in [1.165, 1.54) is 23.9 Å². The molecule has 0 saturated carbocycles. The molecule has 0 radical (unpaired) electrons. The molecule has 4 aromatic rings. The van der Waals surface area contributed by atoms with E-state index in [1.807, 2.05) is 32.0 Å². The number of halogens is 3. The van der Waals surface area contributed by atoms with Gasteiger partial charge in [-0.05, 0) is 61.4 Å². The lowest BCUT2D eigenvalue weighted by Gasteiger charge is -2.18. The molecule has 3 aromatic carbocycles. The van der Waals surface area contributed by atoms with E-state index >= 15 is 0 Å². The predicted molar refractivity (Wildman–Crippen MR) is 123 cm³/mol. The summed E-state index contributed by atoms with van der Waals surface area (Å²) in [5.41, 5.74) is 2.90. The number of fused-ring (bicyclic) bond motifs is 1. The number of nitrogens with zero attached hydrogens (tertiary/aromatic N) is 2. The molecule has 0 spiro atoms. The lowest BCUT2D eigenvalue weighted by Crippen LogP contribution is -2.25. The number of aromatic nitrogens is 2. The van der Waals surface area contributed by atoms with E-state index in [1.54, 1.807) is 28.8 Å². The maximum absolute atomic E-state index is 13.6. The topological polar surface area (TPSA) is 34.9 Å². The number of benzene rings is 3. The molecule has 0 unspecified atom stereocenters. The largest absolute Gasteiger partial charge is 0.268 e. The van der Waals surface area contributed by atoms with Gasteiger partial charge in [0.25, 0.3) is 5.56 Å². The molecule has 7 heteroatoms. The van der Waals surface area contributed by atoms with Gasteiger partial charge in [-0.2, -0.15) is 0 Å². The Morgan fingerprint density at radius 3 is 2.37 bits per heavy atom. The van der Waals surface area contributed by atoms with Gasteiger partial charge in [-0.1, -0.05) is 41.4 Å². The molecule has 0 bridgehead atoms. The highest BCUT2D eigenvalue weighted by Crippen LogP contribution is 2.29. The molecule has 0 fully saturated rings. The maximum atomic E-state index is 13.6. The van der Waals surface area contributed by atoms with Crippen molar-refractivity contribution in [1.29, 1.82) is 0 Å². The van der Waals surface area contributed by atoms with Crippen LogP contribution in [0.1, 0.15) is 17.0 Å². The second kappa shape index (κ2) is 8.42. The second-order valence-corrected chi connectivity index (χ2v) is 8.83. The Morgan fingerprint density at radius 2 is 1.70 bits per heavy atom. The van der Waals surface area contributed by atoms with Crippen molar-refractivity contribution in [3.63, 3.8) is 0 Å². The van der Waals surface area contributed by atoms with Crippen LogP contribution in [0.3, 0.4) is 0 Å². The number of rotatable bonds is 4. The van der Waals surface area contributed by atoms with E-state index in [2.05, 4.69) is 0 Å². The molecular weight excluding hydrogens is 442 g/mol. The van der Waals surface area contributed by atoms with Crippen LogP contribution in [0.15, 0.2) is 64.3 Å². The molecule has 30 heavy (non-hydrogen) atoms. The summed E-state index contributed by atoms with van der Waals surface area (Å²) < 4.78 is 14.9. The summed E-state index contributed by atoms with van der Waals surface area (Å²) in [4.78, 5) is 19.2. The first kappa shape index (κ1) is 20.9. The first-order valence-corrected chi connectivity index (χ1v) is 10.9. The molecular formula is C23H17Cl2FN2OS. The third kappa shape index (κ3) is 3.97. The predicted octanol–water partition coefficient (Wildman–Crippen LogP) is 6.74. The highest BCUT2D eigenvalue weighted by Gasteiger charge is 2.18. The van der Waals surface area contributed by atoms with Gasteiger partial charge in [0.05, 0.1) is 27.4 Å². The van der Waals surface area contributed by atoms with E-state index in [-0.39, 0.29) is 11.4 Å². The average Bonchev–Trinajstić information content (AvgIpc) is 2.70. The summed E-state index contributed by atoms with van der Waals surface area (Å²) in [5.74, 6) is 0.673. The van der Waals surface area contributed by atoms with Crippen LogP contribution in [0.2, 0.25) is 10.0 Å². The van der Waals surface area contributed by atoms with E-state index < -0.39 is 0 Å². The van der Waals surface area contributed by atoms with Crippen molar-refractivity contribution < 1.29 is 4.39 Å². The number of para-hydroxylation sites is 1. The Morgan fingerprint density at radius 1 is 1.03 bits per heavy atom. The number of hydrogen-bond donors (Lipinski definition) is 0. The lowest BCUT2D eigenvalue weighted by molar-refractivity contribution is 0.626. The Labute approximate surface area is 187 Å². The minimum Gasteiger partial charge on any atom is -0.268 e. The van der Waals surface area contributed by atoms with Crippen molar-refractivity contribution >= 4 is 45.9 Å². The summed E-state index contributed by atoms with van der Waals surface area (Å²) >= 11 is 14.0. The molecule has 0 N–H and O–H groups in total. The molecule has 0 aliphatic heterocycles. The first-order chi connectivity index (χ1) is 14.3. The molecule has 0 saturated heterocycles. The van der Waals surface area contributed by atoms with Gasteiger partial charge in [-0.3, -0.25) is 9.36 Å². The minimum absolute atomic E-state index is 0.225. The van der Waals surface area contributed by atoms with Crippen LogP contribution in [0.5, 0.6) is 0 Å². The Hall–Kier alpha value is -2.34. The normalized spacial score (nSPS) is 11.2. The standard InChI is InChI=1S/C23H17Cl2FN2OS/c1-13-4-3-5-14(2)22(13)28-20(12-30-17-8-6-16(26)7-9-17)27-21-18(23(28)29)10-15(24)11-19(21)25/h3-11H,12H2,1-2H3. The average molecular weight is 459 g/mol. The van der Waals surface area contributed by atoms with E-state index in [0.717, 1.165) is 21.7 Å². The van der Waals surface area contributed by atoms with Crippen LogP contribution in [0.4, 0.5) is 4.39 Å². The second-order valence-electron chi connectivity index (χ2n) is 6.94. The van der Waals surface area contributed by atoms with Gasteiger partial charge in [-0.25, -0.2) is 9.37 Å². The Bertz CT molecular complexity index is 1300. The highest BCUT2D eigenvalue weighted by atomic mass is 35.5. The van der Waals surface area contributed by atoms with Gasteiger partial charge in [0.1, 0.15) is 11.6 Å². The molecule has 0 aliphatic carbocycles. The minimum atomic E-state index is -0.292. The number of thioether (sulfide) groups is 1. The number of aryl methyl sites for hydroxylation is 2. The molecule has 1 aromatic heterocycles. The van der Waals surface area contributed by atoms with E-state index in [9.17, 15) is 9.18 Å². The molecule has 1 heterocycles. The Kier molecular flexibility index (Phi) is 5.87. The molecule has 0 aliphatic rings. The van der Waals surface area contributed by atoms with Gasteiger partial charge >= 0.3 is 0 Å². The van der Waals surface area contributed by atoms with Crippen LogP contribution in [-0.2, 0) is 5.75 Å². The van der Waals surface area contributed by atoms with Crippen molar-refractivity contribution in [3.8, 4) is 5.69 Å². The quantitative estimate of drug-likeness (QED) is 0.317. The van der Waals surface area contributed by atoms with Gasteiger partial charge in [0.2, 0.25) is 0 Å². The smallest absolute Gasteiger partial charge is 0.266 e. The van der Waals surface area contributed by atoms with Crippen molar-refractivity contribution in [2.75, 3.05) is 0 Å². The fraction of sp³-hybridized carbons (Fsp3) is 0.130.